The van der Waals surface area contributed by atoms with Crippen molar-refractivity contribution in [1.29, 1.82) is 0 Å². The van der Waals surface area contributed by atoms with Gasteiger partial charge in [-0.2, -0.15) is 0 Å². The van der Waals surface area contributed by atoms with Gasteiger partial charge in [0.25, 0.3) is 0 Å². The number of hydrogen-bond donors (Lipinski definition) is 2. The largest absolute Gasteiger partial charge is 0.369 e. The average Bonchev–Trinajstić information content (AvgIpc) is 2.77. The fourth-order valence-corrected chi connectivity index (χ4v) is 2.61. The van der Waals surface area contributed by atoms with Gasteiger partial charge in [0.15, 0.2) is 0 Å². The van der Waals surface area contributed by atoms with Gasteiger partial charge in [-0.05, 0) is 19.4 Å². The first-order valence-electron chi connectivity index (χ1n) is 6.66. The van der Waals surface area contributed by atoms with Crippen LogP contribution >= 0.6 is 0 Å². The molecule has 2 radical (unpaired) electrons. The number of anilines is 2. The fourth-order valence-electron chi connectivity index (χ4n) is 2.61. The molecule has 3 rings (SSSR count). The minimum absolute atomic E-state index is 0.293. The number of nitrogens with one attached hydrogen (secondary N) is 1. The number of hydrogen-bond acceptors (Lipinski definition) is 5. The Morgan fingerprint density at radius 3 is 2.95 bits per heavy atom. The summed E-state index contributed by atoms with van der Waals surface area (Å²) in [6, 6.07) is 3.96. The molecule has 6 heteroatoms. The highest BCUT2D eigenvalue weighted by Crippen LogP contribution is 2.39. The summed E-state index contributed by atoms with van der Waals surface area (Å²) in [5, 5.41) is 3.31. The van der Waals surface area contributed by atoms with Crippen LogP contribution in [-0.2, 0) is 11.8 Å². The first-order chi connectivity index (χ1) is 9.53. The fraction of sp³-hybridized carbons (Fsp3) is 0.357. The molecule has 100 valence electrons. The normalized spacial score (nSPS) is 20.5. The second kappa shape index (κ2) is 4.47. The summed E-state index contributed by atoms with van der Waals surface area (Å²) in [5.74, 6) is 1.17. The zero-order valence-corrected chi connectivity index (χ0v) is 11.6. The summed E-state index contributed by atoms with van der Waals surface area (Å²) in [6.45, 7) is 4.89. The lowest BCUT2D eigenvalue weighted by molar-refractivity contribution is 0.609. The molecule has 20 heavy (non-hydrogen) atoms. The van der Waals surface area contributed by atoms with Crippen LogP contribution in [0.2, 0.25) is 0 Å². The quantitative estimate of drug-likeness (QED) is 0.775. The van der Waals surface area contributed by atoms with Crippen molar-refractivity contribution >= 4 is 25.1 Å². The van der Waals surface area contributed by atoms with Crippen molar-refractivity contribution in [2.75, 3.05) is 17.6 Å². The molecule has 1 aliphatic heterocycles. The highest BCUT2D eigenvalue weighted by molar-refractivity contribution is 6.32. The molecule has 1 aliphatic rings. The topological polar surface area (TPSA) is 76.7 Å². The maximum absolute atomic E-state index is 5.87. The first kappa shape index (κ1) is 12.9. The molecular weight excluding hydrogens is 249 g/mol. The van der Waals surface area contributed by atoms with Crippen LogP contribution in [0.3, 0.4) is 0 Å². The Morgan fingerprint density at radius 1 is 1.40 bits per heavy atom. The standard InChI is InChI=1S/C14H16BN5/c1-3-9-5-11(20-13(16)19-9)14(2)7-18-12-10(14)4-8(15)6-17-12/h4-6H,3,7H2,1-2H3,(H,17,18)(H2,16,19,20). The molecule has 0 saturated carbocycles. The Hall–Kier alpha value is -2.11. The Labute approximate surface area is 119 Å². The molecule has 0 spiro atoms. The summed E-state index contributed by atoms with van der Waals surface area (Å²) in [5.41, 5.74) is 9.09. The van der Waals surface area contributed by atoms with Crippen molar-refractivity contribution in [3.63, 3.8) is 0 Å². The third kappa shape index (κ3) is 1.92. The molecule has 3 N–H and O–H groups in total. The third-order valence-corrected chi connectivity index (χ3v) is 3.84. The Balaban J connectivity index is 2.16. The predicted octanol–water partition coefficient (Wildman–Crippen LogP) is 0.542. The summed E-state index contributed by atoms with van der Waals surface area (Å²) in [4.78, 5) is 13.0. The molecule has 0 bridgehead atoms. The van der Waals surface area contributed by atoms with E-state index in [9.17, 15) is 0 Å². The molecule has 0 aromatic carbocycles. The molecular formula is C14H16BN5. The van der Waals surface area contributed by atoms with Crippen LogP contribution in [0.25, 0.3) is 0 Å². The van der Waals surface area contributed by atoms with Gasteiger partial charge in [-0.15, -0.1) is 0 Å². The van der Waals surface area contributed by atoms with Crippen LogP contribution in [0, 0.1) is 0 Å². The monoisotopic (exact) mass is 265 g/mol. The van der Waals surface area contributed by atoms with Gasteiger partial charge in [0.05, 0.1) is 11.1 Å². The molecule has 5 nitrogen and oxygen atoms in total. The predicted molar refractivity (Wildman–Crippen MR) is 80.4 cm³/mol. The van der Waals surface area contributed by atoms with Gasteiger partial charge in [-0.1, -0.05) is 18.5 Å². The van der Waals surface area contributed by atoms with Gasteiger partial charge in [-0.25, -0.2) is 15.0 Å². The minimum Gasteiger partial charge on any atom is -0.369 e. The number of nitrogens with two attached hydrogens (primary N) is 1. The van der Waals surface area contributed by atoms with E-state index in [1.54, 1.807) is 6.20 Å². The molecule has 0 amide bonds. The van der Waals surface area contributed by atoms with E-state index < -0.39 is 0 Å². The van der Waals surface area contributed by atoms with Crippen LogP contribution in [0.4, 0.5) is 11.8 Å². The van der Waals surface area contributed by atoms with E-state index in [0.717, 1.165) is 35.7 Å². The van der Waals surface area contributed by atoms with Crippen molar-refractivity contribution in [3.8, 4) is 0 Å². The smallest absolute Gasteiger partial charge is 0.220 e. The van der Waals surface area contributed by atoms with Crippen LogP contribution in [0.15, 0.2) is 18.3 Å². The van der Waals surface area contributed by atoms with Crippen molar-refractivity contribution in [1.82, 2.24) is 15.0 Å². The maximum atomic E-state index is 5.87. The average molecular weight is 265 g/mol. The van der Waals surface area contributed by atoms with Crippen LogP contribution in [0.1, 0.15) is 30.8 Å². The van der Waals surface area contributed by atoms with Gasteiger partial charge in [0.2, 0.25) is 5.95 Å². The van der Waals surface area contributed by atoms with Crippen LogP contribution in [-0.4, -0.2) is 29.3 Å². The number of nitrogen functional groups attached to an aromatic ring is 1. The Bertz CT molecular complexity index is 673. The summed E-state index contributed by atoms with van der Waals surface area (Å²) in [6.07, 6.45) is 2.48. The molecule has 2 aromatic rings. The second-order valence-electron chi connectivity index (χ2n) is 5.31. The van der Waals surface area contributed by atoms with Crippen molar-refractivity contribution in [2.24, 2.45) is 0 Å². The van der Waals surface area contributed by atoms with Gasteiger partial charge >= 0.3 is 0 Å². The molecule has 2 aromatic heterocycles. The number of aromatic nitrogens is 3. The molecule has 0 aliphatic carbocycles. The van der Waals surface area contributed by atoms with Gasteiger partial charge in [0.1, 0.15) is 13.7 Å². The summed E-state index contributed by atoms with van der Waals surface area (Å²) >= 11 is 0. The number of rotatable bonds is 2. The Kier molecular flexibility index (Phi) is 2.89. The number of nitrogens with zero attached hydrogens (tertiary/aromatic N) is 3. The van der Waals surface area contributed by atoms with Crippen LogP contribution < -0.4 is 16.5 Å². The Morgan fingerprint density at radius 2 is 2.20 bits per heavy atom. The first-order valence-corrected chi connectivity index (χ1v) is 6.66. The SMILES string of the molecule is [B]c1cnc2c(c1)C(C)(c1cc(CC)nc(N)n1)CN2. The molecule has 1 unspecified atom stereocenters. The van der Waals surface area contributed by atoms with E-state index in [4.69, 9.17) is 13.6 Å². The lowest BCUT2D eigenvalue weighted by Gasteiger charge is -2.24. The lowest BCUT2D eigenvalue weighted by atomic mass is 9.79. The van der Waals surface area contributed by atoms with Gasteiger partial charge in [-0.3, -0.25) is 0 Å². The number of fused-ring (bicyclic) bond motifs is 1. The molecule has 0 fully saturated rings. The van der Waals surface area contributed by atoms with Gasteiger partial charge < -0.3 is 11.1 Å². The highest BCUT2D eigenvalue weighted by atomic mass is 15.1. The molecule has 0 saturated heterocycles. The van der Waals surface area contributed by atoms with Crippen LogP contribution in [0.5, 0.6) is 0 Å². The van der Waals surface area contributed by atoms with E-state index >= 15 is 0 Å². The second-order valence-corrected chi connectivity index (χ2v) is 5.31. The maximum Gasteiger partial charge on any atom is 0.220 e. The zero-order chi connectivity index (χ0) is 14.3. The van der Waals surface area contributed by atoms with E-state index in [2.05, 4.69) is 27.2 Å². The third-order valence-electron chi connectivity index (χ3n) is 3.84. The highest BCUT2D eigenvalue weighted by Gasteiger charge is 2.38. The van der Waals surface area contributed by atoms with Crippen molar-refractivity contribution < 1.29 is 0 Å². The van der Waals surface area contributed by atoms with Crippen molar-refractivity contribution in [2.45, 2.75) is 25.7 Å². The van der Waals surface area contributed by atoms with E-state index in [1.807, 2.05) is 19.1 Å². The van der Waals surface area contributed by atoms with E-state index in [-0.39, 0.29) is 5.41 Å². The lowest BCUT2D eigenvalue weighted by Crippen LogP contribution is -2.28. The zero-order valence-electron chi connectivity index (χ0n) is 11.6. The van der Waals surface area contributed by atoms with E-state index in [0.29, 0.717) is 11.4 Å². The number of pyridine rings is 1. The van der Waals surface area contributed by atoms with E-state index in [1.165, 1.54) is 0 Å². The number of aryl methyl sites for hydroxylation is 1. The summed E-state index contributed by atoms with van der Waals surface area (Å²) in [7, 11) is 5.87. The molecule has 1 atom stereocenters. The van der Waals surface area contributed by atoms with Gasteiger partial charge in [0, 0.05) is 24.0 Å². The van der Waals surface area contributed by atoms with Crippen molar-refractivity contribution in [3.05, 3.63) is 35.3 Å². The summed E-state index contributed by atoms with van der Waals surface area (Å²) < 4.78 is 0. The molecule has 3 heterocycles. The minimum atomic E-state index is -0.293.